The molecule has 1 N–H and O–H groups in total. The molecule has 0 aliphatic carbocycles. The van der Waals surface area contributed by atoms with Crippen molar-refractivity contribution in [1.29, 1.82) is 0 Å². The van der Waals surface area contributed by atoms with Gasteiger partial charge in [-0.2, -0.15) is 0 Å². The number of nitrogens with zero attached hydrogens (tertiary/aromatic N) is 1. The van der Waals surface area contributed by atoms with Crippen molar-refractivity contribution in [3.8, 4) is 0 Å². The first-order chi connectivity index (χ1) is 13.3. The molecular formula is C21H24Cl2N2O2S. The molecule has 0 saturated carbocycles. The number of carbonyl (C=O) groups excluding carboxylic acids is 2. The molecule has 0 radical (unpaired) electrons. The zero-order valence-electron chi connectivity index (χ0n) is 16.2. The number of benzene rings is 2. The maximum atomic E-state index is 12.9. The summed E-state index contributed by atoms with van der Waals surface area (Å²) in [5, 5.41) is 3.79. The lowest BCUT2D eigenvalue weighted by Gasteiger charge is -2.29. The van der Waals surface area contributed by atoms with Gasteiger partial charge in [-0.1, -0.05) is 53.5 Å². The topological polar surface area (TPSA) is 49.4 Å². The Hall–Kier alpha value is -1.69. The second kappa shape index (κ2) is 10.7. The summed E-state index contributed by atoms with van der Waals surface area (Å²) in [5.74, 6) is 0.458. The van der Waals surface area contributed by atoms with Crippen LogP contribution in [0, 0.1) is 6.92 Å². The number of aryl methyl sites for hydroxylation is 1. The van der Waals surface area contributed by atoms with Crippen molar-refractivity contribution in [3.05, 3.63) is 69.2 Å². The molecule has 0 bridgehead atoms. The van der Waals surface area contributed by atoms with Crippen LogP contribution in [-0.2, 0) is 21.9 Å². The first-order valence-electron chi connectivity index (χ1n) is 8.91. The van der Waals surface area contributed by atoms with Crippen LogP contribution >= 0.6 is 35.0 Å². The van der Waals surface area contributed by atoms with Crippen molar-refractivity contribution in [3.63, 3.8) is 0 Å². The molecule has 0 aliphatic rings. The van der Waals surface area contributed by atoms with Gasteiger partial charge >= 0.3 is 0 Å². The monoisotopic (exact) mass is 438 g/mol. The van der Waals surface area contributed by atoms with E-state index < -0.39 is 6.04 Å². The van der Waals surface area contributed by atoms with Gasteiger partial charge in [0.2, 0.25) is 11.8 Å². The molecule has 150 valence electrons. The van der Waals surface area contributed by atoms with Crippen LogP contribution in [0.3, 0.4) is 0 Å². The number of thioether (sulfide) groups is 1. The number of hydrogen-bond donors (Lipinski definition) is 1. The van der Waals surface area contributed by atoms with Gasteiger partial charge in [0.15, 0.2) is 0 Å². The summed E-state index contributed by atoms with van der Waals surface area (Å²) < 4.78 is 0. The zero-order valence-corrected chi connectivity index (χ0v) is 18.5. The molecule has 7 heteroatoms. The molecule has 1 unspecified atom stereocenters. The Morgan fingerprint density at radius 3 is 2.36 bits per heavy atom. The lowest BCUT2D eigenvalue weighted by atomic mass is 10.1. The Bertz CT molecular complexity index is 825. The second-order valence-corrected chi connectivity index (χ2v) is 8.23. The van der Waals surface area contributed by atoms with Crippen molar-refractivity contribution in [2.45, 2.75) is 32.2 Å². The van der Waals surface area contributed by atoms with E-state index in [0.29, 0.717) is 22.3 Å². The summed E-state index contributed by atoms with van der Waals surface area (Å²) >= 11 is 13.8. The number of rotatable bonds is 8. The van der Waals surface area contributed by atoms with Crippen LogP contribution in [-0.4, -0.2) is 35.6 Å². The molecule has 4 nitrogen and oxygen atoms in total. The number of nitrogens with one attached hydrogen (secondary N) is 1. The molecule has 0 aromatic heterocycles. The number of halogens is 2. The van der Waals surface area contributed by atoms with E-state index in [0.717, 1.165) is 16.7 Å². The van der Waals surface area contributed by atoms with Gasteiger partial charge in [0, 0.05) is 29.4 Å². The van der Waals surface area contributed by atoms with Crippen LogP contribution in [0.25, 0.3) is 0 Å². The minimum absolute atomic E-state index is 0.104. The Morgan fingerprint density at radius 2 is 1.75 bits per heavy atom. The molecule has 0 saturated heterocycles. The summed E-state index contributed by atoms with van der Waals surface area (Å²) in [6, 6.07) is 12.6. The van der Waals surface area contributed by atoms with Crippen molar-refractivity contribution in [2.75, 3.05) is 12.8 Å². The summed E-state index contributed by atoms with van der Waals surface area (Å²) in [6.07, 6.45) is 0. The lowest BCUT2D eigenvalue weighted by molar-refractivity contribution is -0.138. The van der Waals surface area contributed by atoms with Gasteiger partial charge in [-0.3, -0.25) is 9.59 Å². The fraction of sp³-hybridized carbons (Fsp3) is 0.333. The maximum Gasteiger partial charge on any atom is 0.242 e. The second-order valence-electron chi connectivity index (χ2n) is 6.43. The van der Waals surface area contributed by atoms with Crippen molar-refractivity contribution in [2.24, 2.45) is 0 Å². The van der Waals surface area contributed by atoms with Crippen LogP contribution in [0.15, 0.2) is 42.5 Å². The van der Waals surface area contributed by atoms with Gasteiger partial charge in [0.1, 0.15) is 6.04 Å². The zero-order chi connectivity index (χ0) is 20.7. The number of carbonyl (C=O) groups is 2. The van der Waals surface area contributed by atoms with E-state index >= 15 is 0 Å². The highest BCUT2D eigenvalue weighted by atomic mass is 35.5. The lowest BCUT2D eigenvalue weighted by Crippen LogP contribution is -2.47. The predicted molar refractivity (Wildman–Crippen MR) is 118 cm³/mol. The molecule has 0 spiro atoms. The van der Waals surface area contributed by atoms with Crippen LogP contribution in [0.4, 0.5) is 0 Å². The summed E-state index contributed by atoms with van der Waals surface area (Å²) in [5.41, 5.74) is 2.92. The molecule has 2 rings (SSSR count). The summed E-state index contributed by atoms with van der Waals surface area (Å²) in [6.45, 7) is 4.12. The first-order valence-corrected chi connectivity index (χ1v) is 10.8. The van der Waals surface area contributed by atoms with Crippen LogP contribution in [0.2, 0.25) is 10.0 Å². The van der Waals surface area contributed by atoms with E-state index in [2.05, 4.69) is 5.32 Å². The normalized spacial score (nSPS) is 11.8. The Labute approximate surface area is 180 Å². The highest BCUT2D eigenvalue weighted by Crippen LogP contribution is 2.28. The number of amides is 2. The molecule has 2 aromatic rings. The predicted octanol–water partition coefficient (Wildman–Crippen LogP) is 4.70. The van der Waals surface area contributed by atoms with Gasteiger partial charge < -0.3 is 10.2 Å². The molecular weight excluding hydrogens is 415 g/mol. The number of hydrogen-bond acceptors (Lipinski definition) is 3. The molecule has 0 heterocycles. The quantitative estimate of drug-likeness (QED) is 0.649. The molecule has 28 heavy (non-hydrogen) atoms. The van der Waals surface area contributed by atoms with E-state index in [1.54, 1.807) is 37.1 Å². The van der Waals surface area contributed by atoms with E-state index in [-0.39, 0.29) is 17.6 Å². The van der Waals surface area contributed by atoms with E-state index in [1.807, 2.05) is 31.2 Å². The van der Waals surface area contributed by atoms with E-state index in [4.69, 9.17) is 23.2 Å². The summed E-state index contributed by atoms with van der Waals surface area (Å²) in [7, 11) is 1.57. The minimum Gasteiger partial charge on any atom is -0.357 e. The van der Waals surface area contributed by atoms with Gasteiger partial charge in [0.05, 0.1) is 5.75 Å². The summed E-state index contributed by atoms with van der Waals surface area (Å²) in [4.78, 5) is 26.7. The minimum atomic E-state index is -0.568. The average molecular weight is 439 g/mol. The first kappa shape index (κ1) is 22.6. The highest BCUT2D eigenvalue weighted by molar-refractivity contribution is 7.99. The maximum absolute atomic E-state index is 12.9. The largest absolute Gasteiger partial charge is 0.357 e. The van der Waals surface area contributed by atoms with Crippen LogP contribution < -0.4 is 5.32 Å². The Balaban J connectivity index is 2.10. The molecule has 1 atom stereocenters. The van der Waals surface area contributed by atoms with Crippen LogP contribution in [0.1, 0.15) is 23.6 Å². The number of likely N-dealkylation sites (N-methyl/N-ethyl adjacent to an activating group) is 1. The van der Waals surface area contributed by atoms with Gasteiger partial charge in [-0.05, 0) is 42.7 Å². The van der Waals surface area contributed by atoms with Gasteiger partial charge in [-0.15, -0.1) is 11.8 Å². The smallest absolute Gasteiger partial charge is 0.242 e. The molecule has 2 aromatic carbocycles. The van der Waals surface area contributed by atoms with Crippen molar-refractivity contribution in [1.82, 2.24) is 10.2 Å². The highest BCUT2D eigenvalue weighted by Gasteiger charge is 2.25. The van der Waals surface area contributed by atoms with Crippen molar-refractivity contribution >= 4 is 46.8 Å². The SMILES string of the molecule is CNC(=O)C(C)N(Cc1ccccc1C)C(=O)CSCc1c(Cl)cccc1Cl. The third kappa shape index (κ3) is 5.90. The fourth-order valence-corrected chi connectivity index (χ4v) is 4.40. The third-order valence-corrected chi connectivity index (χ3v) is 6.20. The van der Waals surface area contributed by atoms with Crippen LogP contribution in [0.5, 0.6) is 0 Å². The molecule has 0 fully saturated rings. The Morgan fingerprint density at radius 1 is 1.11 bits per heavy atom. The molecule has 2 amide bonds. The Kier molecular flexibility index (Phi) is 8.67. The third-order valence-electron chi connectivity index (χ3n) is 4.55. The van der Waals surface area contributed by atoms with Gasteiger partial charge in [0.25, 0.3) is 0 Å². The fourth-order valence-electron chi connectivity index (χ4n) is 2.76. The van der Waals surface area contributed by atoms with E-state index in [9.17, 15) is 9.59 Å². The average Bonchev–Trinajstić information content (AvgIpc) is 2.68. The van der Waals surface area contributed by atoms with E-state index in [1.165, 1.54) is 11.8 Å². The molecule has 0 aliphatic heterocycles. The standard InChI is InChI=1S/C21H24Cl2N2O2S/c1-14-7-4-5-8-16(14)11-25(15(2)21(27)24-3)20(26)13-28-12-17-18(22)9-6-10-19(17)23/h4-10,15H,11-13H2,1-3H3,(H,24,27). The van der Waals surface area contributed by atoms with Gasteiger partial charge in [-0.25, -0.2) is 0 Å². The van der Waals surface area contributed by atoms with Crippen molar-refractivity contribution < 1.29 is 9.59 Å².